The molecule has 0 fully saturated rings. The van der Waals surface area contributed by atoms with Crippen LogP contribution in [0.5, 0.6) is 0 Å². The number of amides is 3. The Morgan fingerprint density at radius 3 is 2.34 bits per heavy atom. The number of aromatic amines is 1. The predicted octanol–water partition coefficient (Wildman–Crippen LogP) is -1.97. The van der Waals surface area contributed by atoms with Crippen LogP contribution in [0.1, 0.15) is 32.3 Å². The highest BCUT2D eigenvalue weighted by atomic mass is 16.4. The van der Waals surface area contributed by atoms with E-state index < -0.39 is 54.0 Å². The largest absolute Gasteiger partial charge is 0.480 e. The number of guanidine groups is 1. The molecule has 0 radical (unpaired) electrons. The summed E-state index contributed by atoms with van der Waals surface area (Å²) < 4.78 is 0. The van der Waals surface area contributed by atoms with Gasteiger partial charge in [0, 0.05) is 23.6 Å². The number of aliphatic hydroxyl groups is 1. The molecular weight excluding hydrogens is 496 g/mol. The molecule has 14 nitrogen and oxygen atoms in total. The van der Waals surface area contributed by atoms with Crippen molar-refractivity contribution in [3.63, 3.8) is 0 Å². The Hall–Kier alpha value is -4.17. The van der Waals surface area contributed by atoms with Crippen molar-refractivity contribution in [2.75, 3.05) is 6.54 Å². The van der Waals surface area contributed by atoms with Gasteiger partial charge in [0.15, 0.2) is 12.0 Å². The number of H-pyrrole nitrogens is 1. The van der Waals surface area contributed by atoms with Crippen LogP contribution in [0.25, 0.3) is 10.9 Å². The fraction of sp³-hybridized carbons (Fsp3) is 0.458. The molecular formula is C24H36N8O6. The Kier molecular flexibility index (Phi) is 11.0. The van der Waals surface area contributed by atoms with Crippen LogP contribution in [0.4, 0.5) is 0 Å². The number of benzene rings is 1. The van der Waals surface area contributed by atoms with Crippen molar-refractivity contribution in [3.05, 3.63) is 36.0 Å². The van der Waals surface area contributed by atoms with Gasteiger partial charge in [0.2, 0.25) is 17.7 Å². The van der Waals surface area contributed by atoms with Gasteiger partial charge < -0.3 is 48.3 Å². The van der Waals surface area contributed by atoms with Gasteiger partial charge in [0.1, 0.15) is 12.1 Å². The number of nitrogens with one attached hydrogen (secondary N) is 4. The van der Waals surface area contributed by atoms with E-state index in [2.05, 4.69) is 25.9 Å². The third-order valence-corrected chi connectivity index (χ3v) is 5.83. The van der Waals surface area contributed by atoms with Crippen LogP contribution in [0, 0.1) is 0 Å². The first-order chi connectivity index (χ1) is 17.9. The number of rotatable bonds is 14. The number of aliphatic hydroxyl groups excluding tert-OH is 1. The maximum atomic E-state index is 12.8. The van der Waals surface area contributed by atoms with Gasteiger partial charge in [0.05, 0.1) is 12.1 Å². The van der Waals surface area contributed by atoms with Crippen LogP contribution >= 0.6 is 0 Å². The van der Waals surface area contributed by atoms with E-state index in [0.29, 0.717) is 0 Å². The quantitative estimate of drug-likeness (QED) is 0.0742. The van der Waals surface area contributed by atoms with E-state index in [-0.39, 0.29) is 31.8 Å². The maximum Gasteiger partial charge on any atom is 0.328 e. The number of hydrogen-bond donors (Lipinski definition) is 9. The smallest absolute Gasteiger partial charge is 0.328 e. The first kappa shape index (κ1) is 30.1. The third kappa shape index (κ3) is 8.74. The number of aliphatic carboxylic acids is 1. The maximum absolute atomic E-state index is 12.8. The van der Waals surface area contributed by atoms with E-state index in [9.17, 15) is 29.4 Å². The molecule has 0 spiro atoms. The lowest BCUT2D eigenvalue weighted by Gasteiger charge is -2.24. The molecule has 38 heavy (non-hydrogen) atoms. The van der Waals surface area contributed by atoms with E-state index in [4.69, 9.17) is 17.2 Å². The van der Waals surface area contributed by atoms with Crippen molar-refractivity contribution in [3.8, 4) is 0 Å². The average molecular weight is 533 g/mol. The summed E-state index contributed by atoms with van der Waals surface area (Å²) in [4.78, 5) is 56.6. The van der Waals surface area contributed by atoms with Crippen LogP contribution in [0.15, 0.2) is 35.5 Å². The minimum absolute atomic E-state index is 0.0568. The molecule has 1 aromatic carbocycles. The summed E-state index contributed by atoms with van der Waals surface area (Å²) in [6.07, 6.45) is 0.957. The van der Waals surface area contributed by atoms with Gasteiger partial charge in [-0.05, 0) is 44.7 Å². The molecule has 0 aliphatic carbocycles. The molecule has 2 aromatic rings. The highest BCUT2D eigenvalue weighted by Gasteiger charge is 2.30. The van der Waals surface area contributed by atoms with Gasteiger partial charge in [-0.15, -0.1) is 0 Å². The number of aliphatic imine (C=N–C) groups is 1. The summed E-state index contributed by atoms with van der Waals surface area (Å²) in [5.41, 5.74) is 18.4. The second-order valence-corrected chi connectivity index (χ2v) is 8.98. The van der Waals surface area contributed by atoms with Gasteiger partial charge in [0.25, 0.3) is 0 Å². The number of carbonyl (C=O) groups is 4. The van der Waals surface area contributed by atoms with Gasteiger partial charge >= 0.3 is 5.97 Å². The van der Waals surface area contributed by atoms with E-state index in [0.717, 1.165) is 16.5 Å². The Bertz CT molecular complexity index is 1160. The van der Waals surface area contributed by atoms with E-state index in [1.807, 2.05) is 24.3 Å². The zero-order valence-electron chi connectivity index (χ0n) is 21.3. The predicted molar refractivity (Wildman–Crippen MR) is 141 cm³/mol. The van der Waals surface area contributed by atoms with Crippen LogP contribution in [0.2, 0.25) is 0 Å². The second kappa shape index (κ2) is 13.9. The van der Waals surface area contributed by atoms with Crippen molar-refractivity contribution in [2.45, 2.75) is 63.4 Å². The SMILES string of the molecule is CC(NC(=O)C(N)Cc1c[nH]c2ccccc12)C(=O)NC(CCCN=C(N)N)C(=O)NC(C(=O)O)C(C)O. The molecule has 12 N–H and O–H groups in total. The fourth-order valence-corrected chi connectivity index (χ4v) is 3.73. The molecule has 0 saturated carbocycles. The van der Waals surface area contributed by atoms with Crippen LogP contribution in [-0.2, 0) is 25.6 Å². The molecule has 5 unspecified atom stereocenters. The lowest BCUT2D eigenvalue weighted by atomic mass is 10.0. The molecule has 1 heterocycles. The number of carbonyl (C=O) groups excluding carboxylic acids is 3. The summed E-state index contributed by atoms with van der Waals surface area (Å²) in [6, 6.07) is 2.81. The molecule has 208 valence electrons. The summed E-state index contributed by atoms with van der Waals surface area (Å²) in [5.74, 6) is -3.67. The van der Waals surface area contributed by atoms with E-state index >= 15 is 0 Å². The summed E-state index contributed by atoms with van der Waals surface area (Å²) in [7, 11) is 0. The Morgan fingerprint density at radius 1 is 1.03 bits per heavy atom. The highest BCUT2D eigenvalue weighted by Crippen LogP contribution is 2.18. The lowest BCUT2D eigenvalue weighted by molar-refractivity contribution is -0.145. The minimum Gasteiger partial charge on any atom is -0.480 e. The topological polar surface area (TPSA) is 251 Å². The molecule has 0 aliphatic heterocycles. The van der Waals surface area contributed by atoms with Crippen LogP contribution in [-0.4, -0.2) is 81.7 Å². The average Bonchev–Trinajstić information content (AvgIpc) is 3.26. The van der Waals surface area contributed by atoms with Crippen molar-refractivity contribution in [2.24, 2.45) is 22.2 Å². The summed E-state index contributed by atoms with van der Waals surface area (Å²) in [5, 5.41) is 27.1. The molecule has 5 atom stereocenters. The number of fused-ring (bicyclic) bond motifs is 1. The van der Waals surface area contributed by atoms with Gasteiger partial charge in [-0.1, -0.05) is 18.2 Å². The molecule has 2 rings (SSSR count). The van der Waals surface area contributed by atoms with E-state index in [1.54, 1.807) is 6.20 Å². The molecule has 0 aliphatic rings. The first-order valence-electron chi connectivity index (χ1n) is 12.1. The zero-order valence-corrected chi connectivity index (χ0v) is 21.3. The number of aromatic nitrogens is 1. The number of nitrogens with two attached hydrogens (primary N) is 3. The van der Waals surface area contributed by atoms with Crippen molar-refractivity contribution < 1.29 is 29.4 Å². The third-order valence-electron chi connectivity index (χ3n) is 5.83. The molecule has 3 amide bonds. The lowest BCUT2D eigenvalue weighted by Crippen LogP contribution is -2.57. The second-order valence-electron chi connectivity index (χ2n) is 8.98. The number of hydrogen-bond acceptors (Lipinski definition) is 7. The first-order valence-corrected chi connectivity index (χ1v) is 12.1. The molecule has 14 heteroatoms. The highest BCUT2D eigenvalue weighted by molar-refractivity contribution is 5.94. The van der Waals surface area contributed by atoms with Gasteiger partial charge in [-0.2, -0.15) is 0 Å². The van der Waals surface area contributed by atoms with Crippen LogP contribution < -0.4 is 33.2 Å². The normalized spacial score (nSPS) is 14.9. The Balaban J connectivity index is 2.02. The van der Waals surface area contributed by atoms with Gasteiger partial charge in [-0.3, -0.25) is 19.4 Å². The van der Waals surface area contributed by atoms with E-state index in [1.165, 1.54) is 13.8 Å². The van der Waals surface area contributed by atoms with Crippen molar-refractivity contribution in [1.82, 2.24) is 20.9 Å². The summed E-state index contributed by atoms with van der Waals surface area (Å²) >= 11 is 0. The van der Waals surface area contributed by atoms with Crippen LogP contribution in [0.3, 0.4) is 0 Å². The Morgan fingerprint density at radius 2 is 1.71 bits per heavy atom. The van der Waals surface area contributed by atoms with Crippen molar-refractivity contribution >= 4 is 40.6 Å². The summed E-state index contributed by atoms with van der Waals surface area (Å²) in [6.45, 7) is 2.80. The molecule has 0 saturated heterocycles. The standard InChI is InChI=1S/C24H36N8O6/c1-12(30-21(35)16(25)10-14-11-29-17-7-4-3-6-15(14)17)20(34)31-18(8-5-9-28-24(26)27)22(36)32-19(13(2)33)23(37)38/h3-4,6-7,11-13,16,18-19,29,33H,5,8-10,25H2,1-2H3,(H,30,35)(H,31,34)(H,32,36)(H,37,38)(H4,26,27,28). The number of carboxylic acids is 1. The van der Waals surface area contributed by atoms with Crippen molar-refractivity contribution in [1.29, 1.82) is 0 Å². The van der Waals surface area contributed by atoms with Gasteiger partial charge in [-0.25, -0.2) is 4.79 Å². The minimum atomic E-state index is -1.58. The molecule has 0 bridgehead atoms. The number of nitrogens with zero attached hydrogens (tertiary/aromatic N) is 1. The fourth-order valence-electron chi connectivity index (χ4n) is 3.73. The number of carboxylic acid groups (broad SMARTS) is 1. The number of para-hydroxylation sites is 1. The zero-order chi connectivity index (χ0) is 28.4. The monoisotopic (exact) mass is 532 g/mol. The molecule has 1 aromatic heterocycles. The Labute approximate surface area is 219 Å².